The number of ketones is 2. The maximum absolute atomic E-state index is 12.5. The highest BCUT2D eigenvalue weighted by Gasteiger charge is 2.51. The van der Waals surface area contributed by atoms with Gasteiger partial charge in [0, 0.05) is 25.2 Å². The van der Waals surface area contributed by atoms with E-state index in [1.54, 1.807) is 0 Å². The molecule has 5 unspecified atom stereocenters. The summed E-state index contributed by atoms with van der Waals surface area (Å²) in [6.07, 6.45) is 5.64. The van der Waals surface area contributed by atoms with Gasteiger partial charge in [0.15, 0.2) is 0 Å². The zero-order valence-corrected chi connectivity index (χ0v) is 12.9. The van der Waals surface area contributed by atoms with Crippen LogP contribution in [-0.4, -0.2) is 23.5 Å². The van der Waals surface area contributed by atoms with E-state index in [0.29, 0.717) is 25.7 Å². The molecule has 0 radical (unpaired) electrons. The van der Waals surface area contributed by atoms with Gasteiger partial charge in [0.1, 0.15) is 11.6 Å². The summed E-state index contributed by atoms with van der Waals surface area (Å²) in [5, 5.41) is 0. The molecular weight excluding hydrogens is 296 g/mol. The first-order chi connectivity index (χ1) is 11.0. The lowest BCUT2D eigenvalue weighted by atomic mass is 9.69. The SMILES string of the molecule is CC1=CC(C2C(=O)CC3CC(=O)CC=C32)CC2C(=O)OC(=O)C12. The Bertz CT molecular complexity index is 698. The van der Waals surface area contributed by atoms with Crippen molar-refractivity contribution in [3.05, 3.63) is 23.3 Å². The third-order valence-electron chi connectivity index (χ3n) is 5.75. The van der Waals surface area contributed by atoms with Crippen molar-refractivity contribution in [1.82, 2.24) is 0 Å². The van der Waals surface area contributed by atoms with Gasteiger partial charge >= 0.3 is 11.9 Å². The zero-order chi connectivity index (χ0) is 16.3. The van der Waals surface area contributed by atoms with E-state index in [1.165, 1.54) is 0 Å². The summed E-state index contributed by atoms with van der Waals surface area (Å²) >= 11 is 0. The number of esters is 2. The molecule has 0 aromatic heterocycles. The first-order valence-corrected chi connectivity index (χ1v) is 8.14. The fourth-order valence-electron chi connectivity index (χ4n) is 4.80. The molecule has 5 nitrogen and oxygen atoms in total. The molecule has 1 saturated carbocycles. The molecule has 0 aromatic carbocycles. The van der Waals surface area contributed by atoms with Gasteiger partial charge in [0.2, 0.25) is 0 Å². The van der Waals surface area contributed by atoms with Crippen molar-refractivity contribution in [1.29, 1.82) is 0 Å². The van der Waals surface area contributed by atoms with Crippen molar-refractivity contribution in [3.63, 3.8) is 0 Å². The monoisotopic (exact) mass is 314 g/mol. The Morgan fingerprint density at radius 1 is 1.04 bits per heavy atom. The molecule has 0 N–H and O–H groups in total. The van der Waals surface area contributed by atoms with Gasteiger partial charge < -0.3 is 4.74 Å². The summed E-state index contributed by atoms with van der Waals surface area (Å²) in [6.45, 7) is 1.83. The second kappa shape index (κ2) is 4.98. The summed E-state index contributed by atoms with van der Waals surface area (Å²) in [5.74, 6) is -1.81. The van der Waals surface area contributed by atoms with Crippen LogP contribution in [-0.2, 0) is 23.9 Å². The third kappa shape index (κ3) is 2.13. The van der Waals surface area contributed by atoms with Gasteiger partial charge in [-0.05, 0) is 25.2 Å². The normalized spacial score (nSPS) is 39.6. The topological polar surface area (TPSA) is 77.5 Å². The van der Waals surface area contributed by atoms with Crippen LogP contribution in [0.3, 0.4) is 0 Å². The molecule has 5 atom stereocenters. The second-order valence-corrected chi connectivity index (χ2v) is 7.13. The van der Waals surface area contributed by atoms with Gasteiger partial charge in [-0.15, -0.1) is 0 Å². The van der Waals surface area contributed by atoms with Gasteiger partial charge in [0.25, 0.3) is 0 Å². The predicted octanol–water partition coefficient (Wildman–Crippen LogP) is 1.76. The van der Waals surface area contributed by atoms with E-state index in [2.05, 4.69) is 0 Å². The Balaban J connectivity index is 1.67. The highest BCUT2D eigenvalue weighted by molar-refractivity contribution is 5.99. The van der Waals surface area contributed by atoms with Gasteiger partial charge in [-0.1, -0.05) is 23.3 Å². The van der Waals surface area contributed by atoms with Crippen LogP contribution >= 0.6 is 0 Å². The zero-order valence-electron chi connectivity index (χ0n) is 12.9. The molecule has 1 saturated heterocycles. The van der Waals surface area contributed by atoms with E-state index in [-0.39, 0.29) is 29.3 Å². The molecule has 4 aliphatic rings. The van der Waals surface area contributed by atoms with E-state index in [0.717, 1.165) is 11.1 Å². The predicted molar refractivity (Wildman–Crippen MR) is 78.9 cm³/mol. The van der Waals surface area contributed by atoms with Crippen LogP contribution in [0.5, 0.6) is 0 Å². The summed E-state index contributed by atoms with van der Waals surface area (Å²) in [4.78, 5) is 47.8. The van der Waals surface area contributed by atoms with Crippen molar-refractivity contribution >= 4 is 23.5 Å². The number of hydrogen-bond acceptors (Lipinski definition) is 5. The lowest BCUT2D eigenvalue weighted by molar-refractivity contribution is -0.153. The van der Waals surface area contributed by atoms with Crippen LogP contribution in [0.2, 0.25) is 0 Å². The number of carbonyl (C=O) groups is 4. The molecule has 2 fully saturated rings. The van der Waals surface area contributed by atoms with E-state index >= 15 is 0 Å². The third-order valence-corrected chi connectivity index (χ3v) is 5.75. The van der Waals surface area contributed by atoms with E-state index < -0.39 is 23.8 Å². The molecule has 0 aromatic rings. The quantitative estimate of drug-likeness (QED) is 0.419. The highest BCUT2D eigenvalue weighted by Crippen LogP contribution is 2.49. The average molecular weight is 314 g/mol. The molecule has 3 aliphatic carbocycles. The van der Waals surface area contributed by atoms with E-state index in [9.17, 15) is 19.2 Å². The molecular formula is C18H18O5. The standard InChI is InChI=1S/C18H18O5/c1-8-4-10(6-13-15(8)18(22)23-17(13)21)16-12-3-2-11(19)5-9(12)7-14(16)20/h3-4,9-10,13,15-16H,2,5-7H2,1H3. The van der Waals surface area contributed by atoms with Crippen LogP contribution in [0.1, 0.15) is 32.6 Å². The second-order valence-electron chi connectivity index (χ2n) is 7.13. The van der Waals surface area contributed by atoms with E-state index in [4.69, 9.17) is 4.74 Å². The Kier molecular flexibility index (Phi) is 3.15. The lowest BCUT2D eigenvalue weighted by Gasteiger charge is -2.31. The summed E-state index contributed by atoms with van der Waals surface area (Å²) < 4.78 is 4.77. The van der Waals surface area contributed by atoms with Crippen LogP contribution < -0.4 is 0 Å². The minimum absolute atomic E-state index is 0.0392. The van der Waals surface area contributed by atoms with E-state index in [1.807, 2.05) is 19.1 Å². The Hall–Kier alpha value is -2.04. The number of cyclic esters (lactones) is 2. The molecule has 1 heterocycles. The van der Waals surface area contributed by atoms with Crippen LogP contribution in [0, 0.1) is 29.6 Å². The minimum Gasteiger partial charge on any atom is -0.392 e. The highest BCUT2D eigenvalue weighted by atomic mass is 16.6. The minimum atomic E-state index is -0.479. The van der Waals surface area contributed by atoms with Crippen LogP contribution in [0.4, 0.5) is 0 Å². The number of allylic oxidation sites excluding steroid dienone is 3. The molecule has 23 heavy (non-hydrogen) atoms. The number of ether oxygens (including phenoxy) is 1. The number of Topliss-reactive ketones (excluding diaryl/α,β-unsaturated/α-hetero) is 2. The summed E-state index contributed by atoms with van der Waals surface area (Å²) in [6, 6.07) is 0. The molecule has 0 amide bonds. The van der Waals surface area contributed by atoms with Gasteiger partial charge in [-0.25, -0.2) is 0 Å². The first-order valence-electron chi connectivity index (χ1n) is 8.14. The molecule has 120 valence electrons. The van der Waals surface area contributed by atoms with Crippen molar-refractivity contribution < 1.29 is 23.9 Å². The maximum atomic E-state index is 12.5. The Labute approximate surface area is 133 Å². The van der Waals surface area contributed by atoms with Gasteiger partial charge in [-0.2, -0.15) is 0 Å². The number of fused-ring (bicyclic) bond motifs is 2. The number of carbonyl (C=O) groups excluding carboxylic acids is 4. The molecule has 5 heteroatoms. The molecule has 4 rings (SSSR count). The Morgan fingerprint density at radius 3 is 2.61 bits per heavy atom. The molecule has 1 aliphatic heterocycles. The largest absolute Gasteiger partial charge is 0.392 e. The lowest BCUT2D eigenvalue weighted by Crippen LogP contribution is -2.31. The smallest absolute Gasteiger partial charge is 0.321 e. The maximum Gasteiger partial charge on any atom is 0.321 e. The Morgan fingerprint density at radius 2 is 1.83 bits per heavy atom. The number of hydrogen-bond donors (Lipinski definition) is 0. The number of rotatable bonds is 1. The van der Waals surface area contributed by atoms with Crippen LogP contribution in [0.15, 0.2) is 23.3 Å². The molecule has 0 spiro atoms. The van der Waals surface area contributed by atoms with Crippen molar-refractivity contribution in [2.24, 2.45) is 29.6 Å². The van der Waals surface area contributed by atoms with Crippen molar-refractivity contribution in [2.75, 3.05) is 0 Å². The first kappa shape index (κ1) is 14.5. The summed E-state index contributed by atoms with van der Waals surface area (Å²) in [5.41, 5.74) is 1.89. The fraction of sp³-hybridized carbons (Fsp3) is 0.556. The summed E-state index contributed by atoms with van der Waals surface area (Å²) in [7, 11) is 0. The average Bonchev–Trinajstić information content (AvgIpc) is 2.95. The van der Waals surface area contributed by atoms with Gasteiger partial charge in [0.05, 0.1) is 11.8 Å². The molecule has 0 bridgehead atoms. The fourth-order valence-corrected chi connectivity index (χ4v) is 4.80. The van der Waals surface area contributed by atoms with Crippen molar-refractivity contribution in [3.8, 4) is 0 Å². The van der Waals surface area contributed by atoms with Crippen LogP contribution in [0.25, 0.3) is 0 Å². The van der Waals surface area contributed by atoms with Crippen molar-refractivity contribution in [2.45, 2.75) is 32.6 Å². The van der Waals surface area contributed by atoms with Gasteiger partial charge in [-0.3, -0.25) is 19.2 Å².